The number of nitrogens with zero attached hydrogens (tertiary/aromatic N) is 1. The van der Waals surface area contributed by atoms with Gasteiger partial charge in [0.05, 0.1) is 23.5 Å². The summed E-state index contributed by atoms with van der Waals surface area (Å²) in [4.78, 5) is 1.95. The highest BCUT2D eigenvalue weighted by Crippen LogP contribution is 2.45. The molecule has 0 aromatic carbocycles. The fraction of sp³-hybridized carbons (Fsp3) is 1.00. The van der Waals surface area contributed by atoms with Crippen molar-refractivity contribution in [3.63, 3.8) is 0 Å². The Labute approximate surface area is 65.8 Å². The van der Waals surface area contributed by atoms with E-state index in [9.17, 15) is 0 Å². The number of hydrogen-bond acceptors (Lipinski definition) is 1. The Balaban J connectivity index is 1.97. The van der Waals surface area contributed by atoms with E-state index in [0.717, 1.165) is 24.9 Å². The molecule has 1 aliphatic carbocycles. The highest BCUT2D eigenvalue weighted by atomic mass is 15.2. The Bertz CT molecular complexity index is 144. The van der Waals surface area contributed by atoms with Crippen LogP contribution in [-0.2, 0) is 0 Å². The maximum atomic E-state index is 5.50. The summed E-state index contributed by atoms with van der Waals surface area (Å²) in [7, 11) is 16.5. The second kappa shape index (κ2) is 1.85. The molecular formula is C6H8B3N. The largest absolute Gasteiger partial charge is 0.322 e. The van der Waals surface area contributed by atoms with Gasteiger partial charge in [-0.3, -0.25) is 0 Å². The van der Waals surface area contributed by atoms with Crippen LogP contribution >= 0.6 is 0 Å². The van der Waals surface area contributed by atoms with E-state index in [-0.39, 0.29) is 0 Å². The molecule has 0 aromatic rings. The highest BCUT2D eigenvalue weighted by Gasteiger charge is 2.46. The lowest BCUT2D eigenvalue weighted by atomic mass is 9.48. The summed E-state index contributed by atoms with van der Waals surface area (Å²) < 4.78 is 0. The third kappa shape index (κ3) is 1.03. The van der Waals surface area contributed by atoms with Gasteiger partial charge in [0.25, 0.3) is 0 Å². The summed E-state index contributed by atoms with van der Waals surface area (Å²) in [5, 5.41) is -1.08. The third-order valence-electron chi connectivity index (χ3n) is 2.53. The zero-order valence-electron chi connectivity index (χ0n) is 5.96. The Kier molecular flexibility index (Phi) is 1.26. The van der Waals surface area contributed by atoms with Gasteiger partial charge >= 0.3 is 0 Å². The monoisotopic (exact) mass is 127 g/mol. The zero-order chi connectivity index (χ0) is 7.35. The molecule has 0 aromatic heterocycles. The van der Waals surface area contributed by atoms with Gasteiger partial charge in [-0.25, -0.2) is 0 Å². The average Bonchev–Trinajstić information content (AvgIpc) is 2.38. The summed E-state index contributed by atoms with van der Waals surface area (Å²) in [6, 6.07) is 0. The number of hydrogen-bond donors (Lipinski definition) is 0. The van der Waals surface area contributed by atoms with Crippen molar-refractivity contribution in [3.05, 3.63) is 0 Å². The molecule has 2 unspecified atom stereocenters. The van der Waals surface area contributed by atoms with Gasteiger partial charge in [0.15, 0.2) is 0 Å². The molecule has 2 fully saturated rings. The van der Waals surface area contributed by atoms with Crippen LogP contribution in [0.15, 0.2) is 0 Å². The molecule has 2 rings (SSSR count). The van der Waals surface area contributed by atoms with Crippen molar-refractivity contribution in [2.75, 3.05) is 13.1 Å². The second-order valence-electron chi connectivity index (χ2n) is 3.55. The van der Waals surface area contributed by atoms with Crippen molar-refractivity contribution in [2.24, 2.45) is 11.8 Å². The molecule has 1 saturated heterocycles. The molecule has 10 heavy (non-hydrogen) atoms. The van der Waals surface area contributed by atoms with E-state index in [1.807, 2.05) is 4.90 Å². The predicted octanol–water partition coefficient (Wildman–Crippen LogP) is -0.945. The zero-order valence-corrected chi connectivity index (χ0v) is 5.96. The quantitative estimate of drug-likeness (QED) is 0.410. The van der Waals surface area contributed by atoms with Gasteiger partial charge in [0.1, 0.15) is 0 Å². The number of fused-ring (bicyclic) bond motifs is 1. The number of rotatable bonds is 1. The van der Waals surface area contributed by atoms with Crippen LogP contribution in [0.1, 0.15) is 6.42 Å². The highest BCUT2D eigenvalue weighted by molar-refractivity contribution is 6.59. The topological polar surface area (TPSA) is 3.24 Å². The molecule has 0 N–H and O–H groups in total. The smallest absolute Gasteiger partial charge is 0.0698 e. The van der Waals surface area contributed by atoms with Gasteiger partial charge in [-0.2, -0.15) is 0 Å². The lowest BCUT2D eigenvalue weighted by Gasteiger charge is -2.34. The Morgan fingerprint density at radius 3 is 1.90 bits per heavy atom. The van der Waals surface area contributed by atoms with E-state index >= 15 is 0 Å². The Morgan fingerprint density at radius 2 is 1.60 bits per heavy atom. The van der Waals surface area contributed by atoms with Crippen molar-refractivity contribution in [2.45, 2.75) is 11.7 Å². The van der Waals surface area contributed by atoms with Crippen LogP contribution in [0.3, 0.4) is 0 Å². The molecule has 2 aliphatic rings. The molecule has 4 heteroatoms. The summed E-state index contributed by atoms with van der Waals surface area (Å²) in [5.74, 6) is 1.69. The van der Waals surface area contributed by atoms with Crippen LogP contribution in [0.4, 0.5) is 0 Å². The molecule has 46 valence electrons. The minimum Gasteiger partial charge on any atom is -0.322 e. The van der Waals surface area contributed by atoms with Crippen molar-refractivity contribution >= 4 is 23.5 Å². The van der Waals surface area contributed by atoms with Crippen molar-refractivity contribution in [1.29, 1.82) is 0 Å². The summed E-state index contributed by atoms with van der Waals surface area (Å²) in [5.41, 5.74) is 0. The van der Waals surface area contributed by atoms with E-state index in [2.05, 4.69) is 0 Å². The van der Waals surface area contributed by atoms with Gasteiger partial charge < -0.3 is 4.90 Å². The van der Waals surface area contributed by atoms with Crippen molar-refractivity contribution in [1.82, 2.24) is 4.90 Å². The normalized spacial score (nSPS) is 39.6. The van der Waals surface area contributed by atoms with Crippen molar-refractivity contribution in [3.8, 4) is 0 Å². The minimum absolute atomic E-state index is 0.843. The predicted molar refractivity (Wildman–Crippen MR) is 43.2 cm³/mol. The molecular weight excluding hydrogens is 119 g/mol. The average molecular weight is 127 g/mol. The fourth-order valence-corrected chi connectivity index (χ4v) is 1.71. The first kappa shape index (κ1) is 6.84. The van der Waals surface area contributed by atoms with Crippen LogP contribution in [0.2, 0.25) is 0 Å². The van der Waals surface area contributed by atoms with Gasteiger partial charge in [0, 0.05) is 0 Å². The van der Waals surface area contributed by atoms with E-state index in [4.69, 9.17) is 23.5 Å². The van der Waals surface area contributed by atoms with E-state index in [1.165, 1.54) is 6.42 Å². The molecule has 0 amide bonds. The van der Waals surface area contributed by atoms with Crippen LogP contribution in [-0.4, -0.2) is 46.8 Å². The van der Waals surface area contributed by atoms with Crippen LogP contribution < -0.4 is 0 Å². The van der Waals surface area contributed by atoms with Gasteiger partial charge in [-0.05, 0) is 31.3 Å². The van der Waals surface area contributed by atoms with Gasteiger partial charge in [0.2, 0.25) is 0 Å². The maximum absolute atomic E-state index is 5.50. The molecule has 1 aliphatic heterocycles. The molecule has 0 spiro atoms. The summed E-state index contributed by atoms with van der Waals surface area (Å²) in [6.45, 7) is 1.99. The van der Waals surface area contributed by atoms with Crippen LogP contribution in [0.5, 0.6) is 0 Å². The molecule has 1 nitrogen and oxygen atoms in total. The van der Waals surface area contributed by atoms with Crippen molar-refractivity contribution < 1.29 is 0 Å². The first-order valence-electron chi connectivity index (χ1n) is 3.69. The SMILES string of the molecule is [B]C([B])([B])N1CC2CC2C1. The molecule has 1 heterocycles. The maximum Gasteiger partial charge on any atom is 0.0698 e. The number of piperidine rings is 1. The second-order valence-corrected chi connectivity index (χ2v) is 3.55. The van der Waals surface area contributed by atoms with Gasteiger partial charge in [-0.1, -0.05) is 5.24 Å². The first-order chi connectivity index (χ1) is 4.57. The molecule has 2 atom stereocenters. The first-order valence-corrected chi connectivity index (χ1v) is 3.69. The minimum atomic E-state index is -1.08. The van der Waals surface area contributed by atoms with Gasteiger partial charge in [-0.15, -0.1) is 0 Å². The Hall–Kier alpha value is 0.155. The molecule has 6 radical (unpaired) electrons. The molecule has 1 saturated carbocycles. The lowest BCUT2D eigenvalue weighted by molar-refractivity contribution is 0.306. The van der Waals surface area contributed by atoms with Crippen LogP contribution in [0, 0.1) is 11.8 Å². The lowest BCUT2D eigenvalue weighted by Crippen LogP contribution is -2.50. The number of likely N-dealkylation sites (tertiary alicyclic amines) is 1. The summed E-state index contributed by atoms with van der Waals surface area (Å²) in [6.07, 6.45) is 1.35. The molecule has 0 bridgehead atoms. The van der Waals surface area contributed by atoms with E-state index in [0.29, 0.717) is 0 Å². The summed E-state index contributed by atoms with van der Waals surface area (Å²) >= 11 is 0. The Morgan fingerprint density at radius 1 is 1.10 bits per heavy atom. The van der Waals surface area contributed by atoms with Crippen LogP contribution in [0.25, 0.3) is 0 Å². The fourth-order valence-electron chi connectivity index (χ4n) is 1.71. The van der Waals surface area contributed by atoms with E-state index in [1.54, 1.807) is 0 Å². The third-order valence-corrected chi connectivity index (χ3v) is 2.53. The standard InChI is InChI=1S/C6H8B3N/c7-6(8,9)10-2-4-1-5(4)3-10/h4-5H,1-3H2. The van der Waals surface area contributed by atoms with E-state index < -0.39 is 5.24 Å².